The van der Waals surface area contributed by atoms with Crippen molar-refractivity contribution in [3.63, 3.8) is 0 Å². The van der Waals surface area contributed by atoms with Gasteiger partial charge in [0.25, 0.3) is 0 Å². The molecule has 3 heteroatoms. The van der Waals surface area contributed by atoms with Crippen molar-refractivity contribution in [2.24, 2.45) is 0 Å². The van der Waals surface area contributed by atoms with Gasteiger partial charge >= 0.3 is 5.97 Å². The number of rotatable bonds is 6. The van der Waals surface area contributed by atoms with E-state index in [1.807, 2.05) is 6.92 Å². The van der Waals surface area contributed by atoms with E-state index in [0.29, 0.717) is 6.42 Å². The lowest BCUT2D eigenvalue weighted by atomic mass is 10.1. The highest BCUT2D eigenvalue weighted by Crippen LogP contribution is 2.09. The van der Waals surface area contributed by atoms with Crippen molar-refractivity contribution in [3.8, 4) is 0 Å². The zero-order valence-corrected chi connectivity index (χ0v) is 8.56. The molecule has 0 heterocycles. The normalized spacial score (nSPS) is 12.6. The summed E-state index contributed by atoms with van der Waals surface area (Å²) in [5.41, 5.74) is 0. The van der Waals surface area contributed by atoms with Crippen LogP contribution in [0.4, 0.5) is 0 Å². The van der Waals surface area contributed by atoms with E-state index in [1.54, 1.807) is 0 Å². The number of hydrogen-bond acceptors (Lipinski definition) is 2. The van der Waals surface area contributed by atoms with Crippen LogP contribution in [0.2, 0.25) is 0 Å². The number of carbonyl (C=O) groups excluding carboxylic acids is 1. The Bertz CT molecular complexity index is 124. The minimum atomic E-state index is -0.117. The summed E-state index contributed by atoms with van der Waals surface area (Å²) in [5.74, 6) is -0.117. The van der Waals surface area contributed by atoms with Crippen LogP contribution in [0.15, 0.2) is 0 Å². The summed E-state index contributed by atoms with van der Waals surface area (Å²) in [7, 11) is 1.42. The Balaban J connectivity index is 3.05. The molecule has 2 nitrogen and oxygen atoms in total. The first-order valence-electron chi connectivity index (χ1n) is 4.37. The first-order valence-corrected chi connectivity index (χ1v) is 4.81. The van der Waals surface area contributed by atoms with Crippen molar-refractivity contribution in [2.45, 2.75) is 44.4 Å². The Morgan fingerprint density at radius 1 is 1.42 bits per heavy atom. The summed E-state index contributed by atoms with van der Waals surface area (Å²) in [4.78, 5) is 10.7. The van der Waals surface area contributed by atoms with E-state index in [1.165, 1.54) is 7.11 Å². The van der Waals surface area contributed by atoms with E-state index in [2.05, 4.69) is 4.74 Å². The van der Waals surface area contributed by atoms with Crippen LogP contribution < -0.4 is 0 Å². The number of carbonyl (C=O) groups is 1. The molecule has 0 aliphatic carbocycles. The molecule has 0 aromatic heterocycles. The molecule has 0 aliphatic heterocycles. The minimum absolute atomic E-state index is 0.117. The van der Waals surface area contributed by atoms with E-state index in [-0.39, 0.29) is 11.3 Å². The number of alkyl halides is 1. The molecule has 0 rings (SSSR count). The van der Waals surface area contributed by atoms with Gasteiger partial charge in [-0.25, -0.2) is 0 Å². The molecular formula is C9H17ClO2. The molecule has 1 unspecified atom stereocenters. The molecule has 0 aromatic rings. The van der Waals surface area contributed by atoms with Gasteiger partial charge in [-0.05, 0) is 19.8 Å². The molecule has 0 radical (unpaired) electrons. The number of halogens is 1. The molecule has 0 aromatic carbocycles. The number of methoxy groups -OCH3 is 1. The lowest BCUT2D eigenvalue weighted by Gasteiger charge is -2.01. The van der Waals surface area contributed by atoms with Gasteiger partial charge in [-0.1, -0.05) is 12.8 Å². The molecule has 0 amide bonds. The van der Waals surface area contributed by atoms with E-state index < -0.39 is 0 Å². The van der Waals surface area contributed by atoms with Gasteiger partial charge in [-0.15, -0.1) is 11.6 Å². The quantitative estimate of drug-likeness (QED) is 0.368. The second-order valence-corrected chi connectivity index (χ2v) is 3.70. The van der Waals surface area contributed by atoms with Crippen molar-refractivity contribution in [3.05, 3.63) is 0 Å². The van der Waals surface area contributed by atoms with E-state index >= 15 is 0 Å². The van der Waals surface area contributed by atoms with Gasteiger partial charge in [0.1, 0.15) is 0 Å². The van der Waals surface area contributed by atoms with E-state index in [0.717, 1.165) is 25.7 Å². The molecule has 0 fully saturated rings. The van der Waals surface area contributed by atoms with Crippen molar-refractivity contribution < 1.29 is 9.53 Å². The number of hydrogen-bond donors (Lipinski definition) is 0. The van der Waals surface area contributed by atoms with Crippen molar-refractivity contribution in [1.82, 2.24) is 0 Å². The Morgan fingerprint density at radius 2 is 2.08 bits per heavy atom. The van der Waals surface area contributed by atoms with Crippen LogP contribution in [0.25, 0.3) is 0 Å². The standard InChI is InChI=1S/C9H17ClO2/c1-8(10)6-4-3-5-7-9(11)12-2/h8H,3-7H2,1-2H3. The predicted octanol–water partition coefficient (Wildman–Crippen LogP) is 2.74. The molecule has 0 aliphatic rings. The molecule has 0 saturated heterocycles. The van der Waals surface area contributed by atoms with E-state index in [4.69, 9.17) is 11.6 Å². The highest BCUT2D eigenvalue weighted by Gasteiger charge is 2.00. The monoisotopic (exact) mass is 192 g/mol. The molecule has 72 valence electrons. The summed E-state index contributed by atoms with van der Waals surface area (Å²) in [6.45, 7) is 1.99. The first-order chi connectivity index (χ1) is 5.66. The van der Waals surface area contributed by atoms with Gasteiger partial charge in [-0.2, -0.15) is 0 Å². The SMILES string of the molecule is COC(=O)CCCCCC(C)Cl. The molecule has 0 N–H and O–H groups in total. The minimum Gasteiger partial charge on any atom is -0.469 e. The lowest BCUT2D eigenvalue weighted by molar-refractivity contribution is -0.140. The third-order valence-corrected chi connectivity index (χ3v) is 1.93. The van der Waals surface area contributed by atoms with Crippen LogP contribution in [0.3, 0.4) is 0 Å². The molecule has 0 bridgehead atoms. The first kappa shape index (κ1) is 11.8. The number of ether oxygens (including phenoxy) is 1. The van der Waals surface area contributed by atoms with Gasteiger partial charge in [0.15, 0.2) is 0 Å². The van der Waals surface area contributed by atoms with Crippen molar-refractivity contribution >= 4 is 17.6 Å². The van der Waals surface area contributed by atoms with Gasteiger partial charge in [-0.3, -0.25) is 4.79 Å². The highest BCUT2D eigenvalue weighted by atomic mass is 35.5. The second-order valence-electron chi connectivity index (χ2n) is 2.96. The van der Waals surface area contributed by atoms with Gasteiger partial charge in [0, 0.05) is 11.8 Å². The van der Waals surface area contributed by atoms with Crippen LogP contribution in [0, 0.1) is 0 Å². The predicted molar refractivity (Wildman–Crippen MR) is 50.4 cm³/mol. The molecule has 1 atom stereocenters. The fourth-order valence-electron chi connectivity index (χ4n) is 0.974. The third kappa shape index (κ3) is 7.86. The average Bonchev–Trinajstić information content (AvgIpc) is 2.03. The molecule has 0 spiro atoms. The maximum atomic E-state index is 10.7. The Labute approximate surface area is 79.2 Å². The molecular weight excluding hydrogens is 176 g/mol. The largest absolute Gasteiger partial charge is 0.469 e. The Morgan fingerprint density at radius 3 is 2.58 bits per heavy atom. The van der Waals surface area contributed by atoms with Crippen molar-refractivity contribution in [1.29, 1.82) is 0 Å². The maximum absolute atomic E-state index is 10.7. The number of unbranched alkanes of at least 4 members (excludes halogenated alkanes) is 2. The fourth-order valence-corrected chi connectivity index (χ4v) is 1.13. The van der Waals surface area contributed by atoms with Crippen LogP contribution in [-0.4, -0.2) is 18.5 Å². The summed E-state index contributed by atoms with van der Waals surface area (Å²) in [5, 5.41) is 0.253. The maximum Gasteiger partial charge on any atom is 0.305 e. The fraction of sp³-hybridized carbons (Fsp3) is 0.889. The summed E-state index contributed by atoms with van der Waals surface area (Å²) in [6.07, 6.45) is 4.64. The van der Waals surface area contributed by atoms with Crippen molar-refractivity contribution in [2.75, 3.05) is 7.11 Å². The average molecular weight is 193 g/mol. The van der Waals surface area contributed by atoms with Crippen LogP contribution in [0.5, 0.6) is 0 Å². The Kier molecular flexibility index (Phi) is 7.26. The number of esters is 1. The topological polar surface area (TPSA) is 26.3 Å². The molecule has 0 saturated carbocycles. The zero-order chi connectivity index (χ0) is 9.40. The zero-order valence-electron chi connectivity index (χ0n) is 7.81. The summed E-state index contributed by atoms with van der Waals surface area (Å²) < 4.78 is 4.51. The summed E-state index contributed by atoms with van der Waals surface area (Å²) in [6, 6.07) is 0. The Hall–Kier alpha value is -0.240. The van der Waals surface area contributed by atoms with Gasteiger partial charge in [0.2, 0.25) is 0 Å². The van der Waals surface area contributed by atoms with Crippen LogP contribution in [0.1, 0.15) is 39.0 Å². The summed E-state index contributed by atoms with van der Waals surface area (Å²) >= 11 is 5.75. The van der Waals surface area contributed by atoms with Gasteiger partial charge in [0.05, 0.1) is 7.11 Å². The highest BCUT2D eigenvalue weighted by molar-refractivity contribution is 6.20. The molecule has 12 heavy (non-hydrogen) atoms. The van der Waals surface area contributed by atoms with Gasteiger partial charge < -0.3 is 4.74 Å². The smallest absolute Gasteiger partial charge is 0.305 e. The van der Waals surface area contributed by atoms with Crippen LogP contribution >= 0.6 is 11.6 Å². The van der Waals surface area contributed by atoms with Crippen LogP contribution in [-0.2, 0) is 9.53 Å². The third-order valence-electron chi connectivity index (χ3n) is 1.71. The van der Waals surface area contributed by atoms with E-state index in [9.17, 15) is 4.79 Å². The lowest BCUT2D eigenvalue weighted by Crippen LogP contribution is -1.99. The second kappa shape index (κ2) is 7.41.